The van der Waals surface area contributed by atoms with Crippen LogP contribution in [-0.4, -0.2) is 62.4 Å². The first-order valence-electron chi connectivity index (χ1n) is 5.69. The summed E-state index contributed by atoms with van der Waals surface area (Å²) in [5.74, 6) is -0.680. The lowest BCUT2D eigenvalue weighted by molar-refractivity contribution is -0.238. The summed E-state index contributed by atoms with van der Waals surface area (Å²) in [7, 11) is 3.07. The molecule has 100 valence electrons. The lowest BCUT2D eigenvalue weighted by Gasteiger charge is -2.25. The van der Waals surface area contributed by atoms with Crippen molar-refractivity contribution in [2.24, 2.45) is 0 Å². The topological polar surface area (TPSA) is 66.4 Å². The zero-order chi connectivity index (χ0) is 12.6. The van der Waals surface area contributed by atoms with Gasteiger partial charge in [-0.2, -0.15) is 0 Å². The maximum absolute atomic E-state index is 9.94. The number of fused-ring (bicyclic) bond motifs is 1. The third kappa shape index (κ3) is 2.47. The first-order chi connectivity index (χ1) is 7.98. The van der Waals surface area contributed by atoms with Crippen molar-refractivity contribution in [2.45, 2.75) is 50.3 Å². The van der Waals surface area contributed by atoms with Crippen LogP contribution in [0, 0.1) is 0 Å². The molecule has 5 atom stereocenters. The van der Waals surface area contributed by atoms with Crippen LogP contribution in [0.25, 0.3) is 0 Å². The van der Waals surface area contributed by atoms with E-state index in [1.165, 1.54) is 7.11 Å². The minimum absolute atomic E-state index is 0.189. The van der Waals surface area contributed by atoms with E-state index in [2.05, 4.69) is 0 Å². The zero-order valence-corrected chi connectivity index (χ0v) is 10.6. The molecule has 2 aliphatic rings. The van der Waals surface area contributed by atoms with Gasteiger partial charge in [0.2, 0.25) is 0 Å². The van der Waals surface area contributed by atoms with Gasteiger partial charge in [-0.15, -0.1) is 0 Å². The molecule has 0 aromatic rings. The monoisotopic (exact) mass is 248 g/mol. The van der Waals surface area contributed by atoms with Crippen molar-refractivity contribution in [3.63, 3.8) is 0 Å². The predicted molar refractivity (Wildman–Crippen MR) is 57.4 cm³/mol. The molecule has 17 heavy (non-hydrogen) atoms. The molecule has 0 amide bonds. The van der Waals surface area contributed by atoms with E-state index < -0.39 is 24.3 Å². The van der Waals surface area contributed by atoms with Crippen molar-refractivity contribution < 1.29 is 28.8 Å². The average Bonchev–Trinajstić information content (AvgIpc) is 2.71. The van der Waals surface area contributed by atoms with Crippen LogP contribution in [0.5, 0.6) is 0 Å². The molecule has 0 unspecified atom stereocenters. The van der Waals surface area contributed by atoms with Crippen LogP contribution in [0.3, 0.4) is 0 Å². The molecule has 2 heterocycles. The van der Waals surface area contributed by atoms with Gasteiger partial charge in [0.25, 0.3) is 0 Å². The Balaban J connectivity index is 2.09. The number of rotatable bonds is 4. The van der Waals surface area contributed by atoms with Gasteiger partial charge in [-0.05, 0) is 13.8 Å². The van der Waals surface area contributed by atoms with Crippen molar-refractivity contribution in [1.82, 2.24) is 0 Å². The van der Waals surface area contributed by atoms with E-state index in [4.69, 9.17) is 23.7 Å². The second-order valence-corrected chi connectivity index (χ2v) is 4.79. The Morgan fingerprint density at radius 3 is 2.47 bits per heavy atom. The summed E-state index contributed by atoms with van der Waals surface area (Å²) in [6.45, 7) is 3.85. The van der Waals surface area contributed by atoms with Gasteiger partial charge in [0.15, 0.2) is 12.1 Å². The number of ether oxygens (including phenoxy) is 5. The van der Waals surface area contributed by atoms with E-state index in [0.717, 1.165) is 0 Å². The predicted octanol–water partition coefficient (Wildman–Crippen LogP) is -0.115. The first kappa shape index (κ1) is 13.2. The Labute approximate surface area is 101 Å². The number of hydrogen-bond acceptors (Lipinski definition) is 6. The molecule has 0 spiro atoms. The lowest BCUT2D eigenvalue weighted by atomic mass is 10.1. The third-order valence-electron chi connectivity index (χ3n) is 3.00. The standard InChI is InChI=1S/C11H20O6/c1-11(2)16-8-7(6(12)5-13-3)15-10(14-4)9(8)17-11/h6-10,12H,5H2,1-4H3/t6-,7+,8-,9-,10-/m1/s1. The van der Waals surface area contributed by atoms with Crippen LogP contribution in [-0.2, 0) is 23.7 Å². The lowest BCUT2D eigenvalue weighted by Crippen LogP contribution is -2.40. The van der Waals surface area contributed by atoms with Crippen molar-refractivity contribution in [3.8, 4) is 0 Å². The smallest absolute Gasteiger partial charge is 0.186 e. The summed E-state index contributed by atoms with van der Waals surface area (Å²) < 4.78 is 27.2. The quantitative estimate of drug-likeness (QED) is 0.748. The largest absolute Gasteiger partial charge is 0.388 e. The van der Waals surface area contributed by atoms with Gasteiger partial charge in [-0.25, -0.2) is 0 Å². The number of methoxy groups -OCH3 is 2. The van der Waals surface area contributed by atoms with Gasteiger partial charge in [0.05, 0.1) is 6.61 Å². The third-order valence-corrected chi connectivity index (χ3v) is 3.00. The molecule has 2 saturated heterocycles. The van der Waals surface area contributed by atoms with Crippen molar-refractivity contribution in [2.75, 3.05) is 20.8 Å². The van der Waals surface area contributed by atoms with Gasteiger partial charge in [-0.3, -0.25) is 0 Å². The fourth-order valence-corrected chi connectivity index (χ4v) is 2.36. The van der Waals surface area contributed by atoms with E-state index >= 15 is 0 Å². The fraction of sp³-hybridized carbons (Fsp3) is 1.00. The average molecular weight is 248 g/mol. The van der Waals surface area contributed by atoms with Gasteiger partial charge >= 0.3 is 0 Å². The molecular weight excluding hydrogens is 228 g/mol. The molecule has 1 N–H and O–H groups in total. The van der Waals surface area contributed by atoms with E-state index in [-0.39, 0.29) is 18.8 Å². The minimum Gasteiger partial charge on any atom is -0.388 e. The maximum Gasteiger partial charge on any atom is 0.186 e. The highest BCUT2D eigenvalue weighted by Gasteiger charge is 2.57. The van der Waals surface area contributed by atoms with Gasteiger partial charge < -0.3 is 28.8 Å². The SMILES string of the molecule is COC[C@@H](O)[C@@H]1O[C@@H](OC)[C@@H]2OC(C)(C)O[C@H]12. The van der Waals surface area contributed by atoms with Gasteiger partial charge in [-0.1, -0.05) is 0 Å². The summed E-state index contributed by atoms with van der Waals surface area (Å²) in [6, 6.07) is 0. The van der Waals surface area contributed by atoms with Crippen molar-refractivity contribution >= 4 is 0 Å². The van der Waals surface area contributed by atoms with Crippen LogP contribution in [0.1, 0.15) is 13.8 Å². The number of hydrogen-bond donors (Lipinski definition) is 1. The van der Waals surface area contributed by atoms with Crippen molar-refractivity contribution in [3.05, 3.63) is 0 Å². The fourth-order valence-electron chi connectivity index (χ4n) is 2.36. The van der Waals surface area contributed by atoms with Crippen molar-refractivity contribution in [1.29, 1.82) is 0 Å². The Morgan fingerprint density at radius 1 is 1.24 bits per heavy atom. The normalized spacial score (nSPS) is 41.5. The summed E-state index contributed by atoms with van der Waals surface area (Å²) in [5.41, 5.74) is 0. The summed E-state index contributed by atoms with van der Waals surface area (Å²) in [4.78, 5) is 0. The second-order valence-electron chi connectivity index (χ2n) is 4.79. The zero-order valence-electron chi connectivity index (χ0n) is 10.6. The molecule has 0 aromatic heterocycles. The van der Waals surface area contributed by atoms with Crippen LogP contribution < -0.4 is 0 Å². The molecule has 0 aliphatic carbocycles. The molecule has 2 aliphatic heterocycles. The maximum atomic E-state index is 9.94. The van der Waals surface area contributed by atoms with E-state index in [9.17, 15) is 5.11 Å². The molecule has 0 bridgehead atoms. The van der Waals surface area contributed by atoms with Gasteiger partial charge in [0.1, 0.15) is 24.4 Å². The Hall–Kier alpha value is -0.240. The minimum atomic E-state index is -0.759. The second kappa shape index (κ2) is 4.79. The highest BCUT2D eigenvalue weighted by Crippen LogP contribution is 2.39. The Bertz CT molecular complexity index is 269. The molecular formula is C11H20O6. The van der Waals surface area contributed by atoms with E-state index in [1.54, 1.807) is 7.11 Å². The highest BCUT2D eigenvalue weighted by atomic mass is 16.8. The highest BCUT2D eigenvalue weighted by molar-refractivity contribution is 4.97. The van der Waals surface area contributed by atoms with Crippen LogP contribution in [0.2, 0.25) is 0 Å². The van der Waals surface area contributed by atoms with E-state index in [1.807, 2.05) is 13.8 Å². The molecule has 6 heteroatoms. The Morgan fingerprint density at radius 2 is 1.88 bits per heavy atom. The molecule has 2 fully saturated rings. The first-order valence-corrected chi connectivity index (χ1v) is 5.69. The summed E-state index contributed by atoms with van der Waals surface area (Å²) >= 11 is 0. The van der Waals surface area contributed by atoms with Crippen LogP contribution in [0.15, 0.2) is 0 Å². The van der Waals surface area contributed by atoms with Gasteiger partial charge in [0, 0.05) is 14.2 Å². The van der Waals surface area contributed by atoms with Crippen LogP contribution >= 0.6 is 0 Å². The Kier molecular flexibility index (Phi) is 3.72. The molecule has 6 nitrogen and oxygen atoms in total. The molecule has 0 radical (unpaired) electrons. The van der Waals surface area contributed by atoms with Crippen LogP contribution in [0.4, 0.5) is 0 Å². The summed E-state index contributed by atoms with van der Waals surface area (Å²) in [6.07, 6.45) is -2.42. The summed E-state index contributed by atoms with van der Waals surface area (Å²) in [5, 5.41) is 9.94. The molecule has 2 rings (SSSR count). The molecule has 0 aromatic carbocycles. The number of aliphatic hydroxyl groups excluding tert-OH is 1. The molecule has 0 saturated carbocycles. The van der Waals surface area contributed by atoms with E-state index in [0.29, 0.717) is 0 Å². The number of aliphatic hydroxyl groups is 1.